The highest BCUT2D eigenvalue weighted by atomic mass is 16.5. The van der Waals surface area contributed by atoms with Crippen LogP contribution >= 0.6 is 0 Å². The Morgan fingerprint density at radius 3 is 2.86 bits per heavy atom. The Kier molecular flexibility index (Phi) is 6.47. The predicted molar refractivity (Wildman–Crippen MR) is 80.6 cm³/mol. The molecule has 0 spiro atoms. The fourth-order valence-corrected chi connectivity index (χ4v) is 3.63. The molecule has 2 rings (SSSR count). The molecule has 1 N–H and O–H groups in total. The van der Waals surface area contributed by atoms with Gasteiger partial charge in [0.15, 0.2) is 0 Å². The molecule has 118 valence electrons. The molecule has 0 aromatic heterocycles. The SMILES string of the molecule is COCCN(CCC#N)C(=O)C1CCC2CCCCC2N1. The topological polar surface area (TPSA) is 65.4 Å². The second kappa shape index (κ2) is 8.35. The van der Waals surface area contributed by atoms with Gasteiger partial charge in [-0.15, -0.1) is 0 Å². The van der Waals surface area contributed by atoms with Gasteiger partial charge in [0.1, 0.15) is 0 Å². The van der Waals surface area contributed by atoms with E-state index in [9.17, 15) is 4.79 Å². The normalized spacial score (nSPS) is 28.5. The van der Waals surface area contributed by atoms with Gasteiger partial charge in [-0.2, -0.15) is 5.26 Å². The Labute approximate surface area is 127 Å². The van der Waals surface area contributed by atoms with E-state index in [-0.39, 0.29) is 11.9 Å². The van der Waals surface area contributed by atoms with Crippen LogP contribution in [0.4, 0.5) is 0 Å². The average Bonchev–Trinajstić information content (AvgIpc) is 2.54. The first-order valence-corrected chi connectivity index (χ1v) is 8.17. The van der Waals surface area contributed by atoms with Crippen LogP contribution in [0.1, 0.15) is 44.9 Å². The number of methoxy groups -OCH3 is 1. The quantitative estimate of drug-likeness (QED) is 0.809. The van der Waals surface area contributed by atoms with Gasteiger partial charge in [-0.3, -0.25) is 4.79 Å². The van der Waals surface area contributed by atoms with Crippen molar-refractivity contribution in [1.29, 1.82) is 5.26 Å². The molecule has 1 amide bonds. The van der Waals surface area contributed by atoms with Crippen LogP contribution in [0.3, 0.4) is 0 Å². The first-order chi connectivity index (χ1) is 10.3. The van der Waals surface area contributed by atoms with E-state index in [4.69, 9.17) is 10.00 Å². The lowest BCUT2D eigenvalue weighted by Crippen LogP contribution is -2.56. The number of piperidine rings is 1. The summed E-state index contributed by atoms with van der Waals surface area (Å²) in [5.74, 6) is 0.903. The van der Waals surface area contributed by atoms with Gasteiger partial charge in [-0.25, -0.2) is 0 Å². The molecular weight excluding hydrogens is 266 g/mol. The molecule has 3 unspecified atom stereocenters. The van der Waals surface area contributed by atoms with Gasteiger partial charge in [0.05, 0.1) is 25.1 Å². The second-order valence-corrected chi connectivity index (χ2v) is 6.17. The zero-order chi connectivity index (χ0) is 15.1. The number of nitriles is 1. The van der Waals surface area contributed by atoms with Crippen molar-refractivity contribution < 1.29 is 9.53 Å². The van der Waals surface area contributed by atoms with Crippen LogP contribution in [0.5, 0.6) is 0 Å². The molecule has 0 bridgehead atoms. The van der Waals surface area contributed by atoms with Crippen molar-refractivity contribution in [3.05, 3.63) is 0 Å². The van der Waals surface area contributed by atoms with Crippen molar-refractivity contribution in [2.75, 3.05) is 26.8 Å². The number of nitrogens with one attached hydrogen (secondary N) is 1. The molecule has 0 radical (unpaired) electrons. The summed E-state index contributed by atoms with van der Waals surface area (Å²) in [4.78, 5) is 14.5. The van der Waals surface area contributed by atoms with Gasteiger partial charge in [0.2, 0.25) is 5.91 Å². The number of rotatable bonds is 6. The van der Waals surface area contributed by atoms with E-state index in [1.165, 1.54) is 25.7 Å². The van der Waals surface area contributed by atoms with Crippen molar-refractivity contribution in [2.24, 2.45) is 5.92 Å². The minimum Gasteiger partial charge on any atom is -0.383 e. The van der Waals surface area contributed by atoms with Crippen molar-refractivity contribution in [3.8, 4) is 6.07 Å². The van der Waals surface area contributed by atoms with Gasteiger partial charge in [0.25, 0.3) is 0 Å². The van der Waals surface area contributed by atoms with Crippen LogP contribution in [-0.4, -0.2) is 49.7 Å². The third-order valence-electron chi connectivity index (χ3n) is 4.82. The fraction of sp³-hybridized carbons (Fsp3) is 0.875. The highest BCUT2D eigenvalue weighted by Gasteiger charge is 2.35. The summed E-state index contributed by atoms with van der Waals surface area (Å²) in [5.41, 5.74) is 0. The van der Waals surface area contributed by atoms with Gasteiger partial charge in [-0.05, 0) is 31.6 Å². The molecule has 0 aromatic carbocycles. The minimum absolute atomic E-state index is 0.0695. The highest BCUT2D eigenvalue weighted by molar-refractivity contribution is 5.82. The Balaban J connectivity index is 1.91. The van der Waals surface area contributed by atoms with Gasteiger partial charge < -0.3 is 15.0 Å². The first kappa shape index (κ1) is 16.3. The monoisotopic (exact) mass is 293 g/mol. The van der Waals surface area contributed by atoms with E-state index in [0.717, 1.165) is 18.8 Å². The van der Waals surface area contributed by atoms with E-state index in [1.807, 2.05) is 0 Å². The molecule has 3 atom stereocenters. The number of hydrogen-bond donors (Lipinski definition) is 1. The molecule has 5 heteroatoms. The number of carbonyl (C=O) groups is 1. The molecule has 1 aliphatic heterocycles. The minimum atomic E-state index is -0.0695. The average molecular weight is 293 g/mol. The van der Waals surface area contributed by atoms with Gasteiger partial charge in [-0.1, -0.05) is 12.8 Å². The molecule has 1 heterocycles. The Morgan fingerprint density at radius 1 is 1.29 bits per heavy atom. The summed E-state index contributed by atoms with van der Waals surface area (Å²) >= 11 is 0. The molecule has 21 heavy (non-hydrogen) atoms. The molecular formula is C16H27N3O2. The van der Waals surface area contributed by atoms with Crippen LogP contribution < -0.4 is 5.32 Å². The van der Waals surface area contributed by atoms with Crippen molar-refractivity contribution >= 4 is 5.91 Å². The van der Waals surface area contributed by atoms with E-state index in [1.54, 1.807) is 12.0 Å². The lowest BCUT2D eigenvalue weighted by Gasteiger charge is -2.41. The van der Waals surface area contributed by atoms with Crippen LogP contribution in [0, 0.1) is 17.2 Å². The lowest BCUT2D eigenvalue weighted by atomic mass is 9.77. The summed E-state index contributed by atoms with van der Waals surface area (Å²) in [6, 6.07) is 2.57. The molecule has 1 saturated carbocycles. The van der Waals surface area contributed by atoms with Crippen LogP contribution in [-0.2, 0) is 9.53 Å². The summed E-state index contributed by atoms with van der Waals surface area (Å²) < 4.78 is 5.08. The first-order valence-electron chi connectivity index (χ1n) is 8.17. The second-order valence-electron chi connectivity index (χ2n) is 6.17. The maximum atomic E-state index is 12.7. The number of fused-ring (bicyclic) bond motifs is 1. The number of carbonyl (C=O) groups excluding carboxylic acids is 1. The molecule has 2 fully saturated rings. The fourth-order valence-electron chi connectivity index (χ4n) is 3.63. The van der Waals surface area contributed by atoms with Crippen LogP contribution in [0.2, 0.25) is 0 Å². The Morgan fingerprint density at radius 2 is 2.10 bits per heavy atom. The summed E-state index contributed by atoms with van der Waals surface area (Å²) in [5, 5.41) is 12.3. The summed E-state index contributed by atoms with van der Waals surface area (Å²) in [6.07, 6.45) is 7.58. The van der Waals surface area contributed by atoms with Crippen molar-refractivity contribution in [1.82, 2.24) is 10.2 Å². The molecule has 1 saturated heterocycles. The standard InChI is InChI=1S/C16H27N3O2/c1-21-12-11-19(10-4-9-17)16(20)15-8-7-13-5-2-3-6-14(13)18-15/h13-15,18H,2-8,10-12H2,1H3. The van der Waals surface area contributed by atoms with Crippen LogP contribution in [0.15, 0.2) is 0 Å². The number of nitrogens with zero attached hydrogens (tertiary/aromatic N) is 2. The van der Waals surface area contributed by atoms with E-state index < -0.39 is 0 Å². The molecule has 1 aliphatic carbocycles. The van der Waals surface area contributed by atoms with Gasteiger partial charge >= 0.3 is 0 Å². The maximum absolute atomic E-state index is 12.7. The lowest BCUT2D eigenvalue weighted by molar-refractivity contribution is -0.135. The Bertz CT molecular complexity index is 380. The maximum Gasteiger partial charge on any atom is 0.239 e. The van der Waals surface area contributed by atoms with Gasteiger partial charge in [0, 0.05) is 26.2 Å². The summed E-state index contributed by atoms with van der Waals surface area (Å²) in [7, 11) is 1.64. The number of hydrogen-bond acceptors (Lipinski definition) is 4. The number of ether oxygens (including phenoxy) is 1. The van der Waals surface area contributed by atoms with Crippen molar-refractivity contribution in [3.63, 3.8) is 0 Å². The van der Waals surface area contributed by atoms with E-state index in [0.29, 0.717) is 32.2 Å². The number of amides is 1. The predicted octanol–water partition coefficient (Wildman–Crippen LogP) is 1.69. The zero-order valence-corrected chi connectivity index (χ0v) is 13.0. The van der Waals surface area contributed by atoms with E-state index >= 15 is 0 Å². The third kappa shape index (κ3) is 4.42. The Hall–Kier alpha value is -1.12. The highest BCUT2D eigenvalue weighted by Crippen LogP contribution is 2.32. The smallest absolute Gasteiger partial charge is 0.239 e. The van der Waals surface area contributed by atoms with Crippen LogP contribution in [0.25, 0.3) is 0 Å². The molecule has 2 aliphatic rings. The molecule has 5 nitrogen and oxygen atoms in total. The third-order valence-corrected chi connectivity index (χ3v) is 4.82. The van der Waals surface area contributed by atoms with E-state index in [2.05, 4.69) is 11.4 Å². The largest absolute Gasteiger partial charge is 0.383 e. The molecule has 0 aromatic rings. The van der Waals surface area contributed by atoms with Crippen molar-refractivity contribution in [2.45, 2.75) is 57.0 Å². The summed E-state index contributed by atoms with van der Waals surface area (Å²) in [6.45, 7) is 1.60. The zero-order valence-electron chi connectivity index (χ0n) is 13.0.